The lowest BCUT2D eigenvalue weighted by Gasteiger charge is -2.22. The van der Waals surface area contributed by atoms with Gasteiger partial charge in [-0.15, -0.1) is 0 Å². The maximum Gasteiger partial charge on any atom is 0.249 e. The number of nitrogens with zero attached hydrogens (tertiary/aromatic N) is 3. The van der Waals surface area contributed by atoms with Crippen LogP contribution in [-0.4, -0.2) is 27.5 Å². The van der Waals surface area contributed by atoms with Gasteiger partial charge in [-0.1, -0.05) is 53.2 Å². The van der Waals surface area contributed by atoms with Crippen molar-refractivity contribution in [1.29, 1.82) is 0 Å². The summed E-state index contributed by atoms with van der Waals surface area (Å²) in [5, 5.41) is 4.65. The number of rotatable bonds is 4. The molecule has 2 heterocycles. The molecule has 0 unspecified atom stereocenters. The van der Waals surface area contributed by atoms with E-state index < -0.39 is 0 Å². The molecule has 0 aliphatic carbocycles. The number of halogens is 1. The fraction of sp³-hybridized carbons (Fsp3) is 0.286. The van der Waals surface area contributed by atoms with Crippen molar-refractivity contribution in [2.45, 2.75) is 32.2 Å². The van der Waals surface area contributed by atoms with Crippen LogP contribution in [0.3, 0.4) is 0 Å². The Hall–Kier alpha value is -2.66. The van der Waals surface area contributed by atoms with E-state index in [1.807, 2.05) is 54.3 Å². The molecule has 1 aliphatic rings. The van der Waals surface area contributed by atoms with Crippen molar-refractivity contribution in [2.75, 3.05) is 6.54 Å². The van der Waals surface area contributed by atoms with E-state index in [1.54, 1.807) is 6.07 Å². The van der Waals surface area contributed by atoms with Gasteiger partial charge in [0.2, 0.25) is 17.6 Å². The Morgan fingerprint density at radius 3 is 2.81 bits per heavy atom. The minimum atomic E-state index is -0.176. The second kappa shape index (κ2) is 7.53. The molecule has 1 aliphatic heterocycles. The number of likely N-dealkylation sites (tertiary alicyclic amines) is 1. The largest absolute Gasteiger partial charge is 0.337 e. The van der Waals surface area contributed by atoms with Crippen molar-refractivity contribution in [3.63, 3.8) is 0 Å². The second-order valence-electron chi connectivity index (χ2n) is 6.78. The van der Waals surface area contributed by atoms with Gasteiger partial charge in [0, 0.05) is 12.1 Å². The van der Waals surface area contributed by atoms with Gasteiger partial charge < -0.3 is 9.42 Å². The zero-order valence-corrected chi connectivity index (χ0v) is 15.8. The van der Waals surface area contributed by atoms with E-state index in [1.165, 1.54) is 0 Å². The van der Waals surface area contributed by atoms with Crippen LogP contribution in [-0.2, 0) is 11.2 Å². The van der Waals surface area contributed by atoms with Crippen LogP contribution in [0, 0.1) is 6.92 Å². The van der Waals surface area contributed by atoms with Crippen LogP contribution >= 0.6 is 11.6 Å². The van der Waals surface area contributed by atoms with Crippen LogP contribution in [0.25, 0.3) is 11.4 Å². The predicted molar refractivity (Wildman–Crippen MR) is 103 cm³/mol. The van der Waals surface area contributed by atoms with Gasteiger partial charge in [0.15, 0.2) is 0 Å². The Labute approximate surface area is 163 Å². The van der Waals surface area contributed by atoms with Crippen LogP contribution < -0.4 is 0 Å². The molecule has 1 atom stereocenters. The van der Waals surface area contributed by atoms with Crippen molar-refractivity contribution < 1.29 is 9.32 Å². The predicted octanol–water partition coefficient (Wildman–Crippen LogP) is 4.60. The van der Waals surface area contributed by atoms with Crippen molar-refractivity contribution in [3.05, 3.63) is 70.6 Å². The molecule has 0 radical (unpaired) electrons. The third-order valence-electron chi connectivity index (χ3n) is 5.02. The standard InChI is InChI=1S/C21H20ClN3O2/c1-14-7-2-3-8-15(14)13-19(26)25-12-6-11-18(25)21-23-20(24-27-21)16-9-4-5-10-17(16)22/h2-5,7-10,18H,6,11-13H2,1H3/t18-/m1/s1. The third-order valence-corrected chi connectivity index (χ3v) is 5.35. The Balaban J connectivity index is 1.54. The van der Waals surface area contributed by atoms with Crippen LogP contribution in [0.2, 0.25) is 5.02 Å². The average Bonchev–Trinajstić information content (AvgIpc) is 3.33. The second-order valence-corrected chi connectivity index (χ2v) is 7.19. The summed E-state index contributed by atoms with van der Waals surface area (Å²) >= 11 is 6.23. The summed E-state index contributed by atoms with van der Waals surface area (Å²) < 4.78 is 5.50. The molecular formula is C21H20ClN3O2. The normalized spacial score (nSPS) is 16.7. The number of carbonyl (C=O) groups excluding carboxylic acids is 1. The van der Waals surface area contributed by atoms with Gasteiger partial charge in [-0.05, 0) is 43.0 Å². The summed E-state index contributed by atoms with van der Waals surface area (Å²) in [4.78, 5) is 19.3. The average molecular weight is 382 g/mol. The molecule has 1 fully saturated rings. The number of carbonyl (C=O) groups is 1. The third kappa shape index (κ3) is 3.60. The zero-order valence-electron chi connectivity index (χ0n) is 15.1. The summed E-state index contributed by atoms with van der Waals surface area (Å²) in [5.41, 5.74) is 2.90. The Kier molecular flexibility index (Phi) is 4.94. The quantitative estimate of drug-likeness (QED) is 0.662. The lowest BCUT2D eigenvalue weighted by atomic mass is 10.1. The van der Waals surface area contributed by atoms with E-state index >= 15 is 0 Å². The summed E-state index contributed by atoms with van der Waals surface area (Å²) in [5.74, 6) is 1.01. The molecule has 27 heavy (non-hydrogen) atoms. The number of hydrogen-bond donors (Lipinski definition) is 0. The van der Waals surface area contributed by atoms with Crippen LogP contribution in [0.15, 0.2) is 53.1 Å². The molecule has 0 spiro atoms. The van der Waals surface area contributed by atoms with Crippen molar-refractivity contribution in [3.8, 4) is 11.4 Å². The van der Waals surface area contributed by atoms with Crippen molar-refractivity contribution in [2.24, 2.45) is 0 Å². The molecule has 3 aromatic rings. The molecular weight excluding hydrogens is 362 g/mol. The summed E-state index contributed by atoms with van der Waals surface area (Å²) in [6.45, 7) is 2.73. The number of amides is 1. The first kappa shape index (κ1) is 17.7. The molecule has 2 aromatic carbocycles. The summed E-state index contributed by atoms with van der Waals surface area (Å²) in [7, 11) is 0. The van der Waals surface area contributed by atoms with Crippen molar-refractivity contribution in [1.82, 2.24) is 15.0 Å². The highest BCUT2D eigenvalue weighted by Crippen LogP contribution is 2.33. The first-order valence-electron chi connectivity index (χ1n) is 9.06. The molecule has 1 amide bonds. The highest BCUT2D eigenvalue weighted by molar-refractivity contribution is 6.33. The van der Waals surface area contributed by atoms with E-state index in [2.05, 4.69) is 10.1 Å². The fourth-order valence-electron chi connectivity index (χ4n) is 3.52. The smallest absolute Gasteiger partial charge is 0.249 e. The molecule has 1 saturated heterocycles. The Morgan fingerprint density at radius 2 is 2.00 bits per heavy atom. The van der Waals surface area contributed by atoms with E-state index in [4.69, 9.17) is 16.1 Å². The van der Waals surface area contributed by atoms with Gasteiger partial charge in [0.25, 0.3) is 0 Å². The van der Waals surface area contributed by atoms with Crippen LogP contribution in [0.1, 0.15) is 35.9 Å². The molecule has 4 rings (SSSR count). The van der Waals surface area contributed by atoms with E-state index in [9.17, 15) is 4.79 Å². The van der Waals surface area contributed by atoms with E-state index in [0.29, 0.717) is 29.7 Å². The van der Waals surface area contributed by atoms with Gasteiger partial charge in [-0.25, -0.2) is 0 Å². The molecule has 138 valence electrons. The summed E-state index contributed by atoms with van der Waals surface area (Å²) in [6.07, 6.45) is 2.13. The van der Waals surface area contributed by atoms with Gasteiger partial charge in [-0.3, -0.25) is 4.79 Å². The molecule has 0 saturated carbocycles. The maximum atomic E-state index is 12.9. The number of aryl methyl sites for hydroxylation is 1. The number of aromatic nitrogens is 2. The highest BCUT2D eigenvalue weighted by Gasteiger charge is 2.34. The van der Waals surface area contributed by atoms with Gasteiger partial charge in [0.1, 0.15) is 6.04 Å². The lowest BCUT2D eigenvalue weighted by molar-refractivity contribution is -0.131. The van der Waals surface area contributed by atoms with Gasteiger partial charge >= 0.3 is 0 Å². The van der Waals surface area contributed by atoms with Crippen molar-refractivity contribution >= 4 is 17.5 Å². The molecule has 6 heteroatoms. The molecule has 5 nitrogen and oxygen atoms in total. The first-order valence-corrected chi connectivity index (χ1v) is 9.44. The summed E-state index contributed by atoms with van der Waals surface area (Å²) in [6, 6.07) is 15.2. The Morgan fingerprint density at radius 1 is 1.22 bits per heavy atom. The maximum absolute atomic E-state index is 12.9. The SMILES string of the molecule is Cc1ccccc1CC(=O)N1CCC[C@@H]1c1nc(-c2ccccc2Cl)no1. The topological polar surface area (TPSA) is 59.2 Å². The molecule has 1 aromatic heterocycles. The van der Waals surface area contributed by atoms with E-state index in [0.717, 1.165) is 29.5 Å². The fourth-order valence-corrected chi connectivity index (χ4v) is 3.74. The molecule has 0 N–H and O–H groups in total. The zero-order chi connectivity index (χ0) is 18.8. The minimum Gasteiger partial charge on any atom is -0.337 e. The highest BCUT2D eigenvalue weighted by atomic mass is 35.5. The lowest BCUT2D eigenvalue weighted by Crippen LogP contribution is -2.32. The number of hydrogen-bond acceptors (Lipinski definition) is 4. The van der Waals surface area contributed by atoms with Gasteiger partial charge in [0.05, 0.1) is 11.4 Å². The van der Waals surface area contributed by atoms with Crippen LogP contribution in [0.4, 0.5) is 0 Å². The Bertz CT molecular complexity index is 969. The monoisotopic (exact) mass is 381 g/mol. The minimum absolute atomic E-state index is 0.0873. The first-order chi connectivity index (χ1) is 13.1. The van der Waals surface area contributed by atoms with E-state index in [-0.39, 0.29) is 11.9 Å². The van der Waals surface area contributed by atoms with Crippen LogP contribution in [0.5, 0.6) is 0 Å². The van der Waals surface area contributed by atoms with Gasteiger partial charge in [-0.2, -0.15) is 4.98 Å². The molecule has 0 bridgehead atoms. The number of benzene rings is 2.